The van der Waals surface area contributed by atoms with E-state index in [0.29, 0.717) is 12.6 Å². The molecule has 4 atom stereocenters. The van der Waals surface area contributed by atoms with Crippen LogP contribution in [0.1, 0.15) is 46.0 Å². The molecule has 0 spiro atoms. The van der Waals surface area contributed by atoms with Gasteiger partial charge in [-0.3, -0.25) is 9.69 Å². The van der Waals surface area contributed by atoms with Crippen molar-refractivity contribution in [1.29, 1.82) is 0 Å². The summed E-state index contributed by atoms with van der Waals surface area (Å²) >= 11 is 0. The highest BCUT2D eigenvalue weighted by atomic mass is 16.5. The first-order valence-corrected chi connectivity index (χ1v) is 8.45. The molecule has 0 aliphatic carbocycles. The van der Waals surface area contributed by atoms with Crippen LogP contribution in [0.15, 0.2) is 0 Å². The fourth-order valence-electron chi connectivity index (χ4n) is 3.27. The van der Waals surface area contributed by atoms with Gasteiger partial charge in [0.25, 0.3) is 0 Å². The first-order valence-electron chi connectivity index (χ1n) is 8.45. The Morgan fingerprint density at radius 1 is 1.43 bits per heavy atom. The van der Waals surface area contributed by atoms with Gasteiger partial charge in [-0.1, -0.05) is 13.3 Å². The minimum absolute atomic E-state index is 0.0619. The summed E-state index contributed by atoms with van der Waals surface area (Å²) in [6.07, 6.45) is 5.60. The number of hydrogen-bond donors (Lipinski definition) is 2. The molecule has 1 amide bonds. The molecule has 0 aromatic carbocycles. The lowest BCUT2D eigenvalue weighted by atomic mass is 10.0. The number of carbonyl (C=O) groups excluding carboxylic acids is 1. The van der Waals surface area contributed by atoms with Crippen molar-refractivity contribution < 1.29 is 9.53 Å². The van der Waals surface area contributed by atoms with Crippen molar-refractivity contribution in [3.63, 3.8) is 0 Å². The Hall–Kier alpha value is -0.650. The summed E-state index contributed by atoms with van der Waals surface area (Å²) in [5.41, 5.74) is 5.73. The molecule has 3 N–H and O–H groups in total. The predicted octanol–water partition coefficient (Wildman–Crippen LogP) is 1.12. The molecule has 4 unspecified atom stereocenters. The summed E-state index contributed by atoms with van der Waals surface area (Å²) in [7, 11) is 0. The molecular weight excluding hydrogens is 266 g/mol. The van der Waals surface area contributed by atoms with Crippen LogP contribution in [-0.2, 0) is 9.53 Å². The highest BCUT2D eigenvalue weighted by Crippen LogP contribution is 2.22. The Balaban J connectivity index is 1.62. The molecule has 2 rings (SSSR count). The zero-order valence-corrected chi connectivity index (χ0v) is 13.5. The fraction of sp³-hybridized carbons (Fsp3) is 0.938. The zero-order chi connectivity index (χ0) is 15.2. The van der Waals surface area contributed by atoms with E-state index in [1.165, 1.54) is 19.4 Å². The summed E-state index contributed by atoms with van der Waals surface area (Å²) in [6, 6.07) is 0.846. The van der Waals surface area contributed by atoms with Crippen molar-refractivity contribution in [2.24, 2.45) is 11.7 Å². The van der Waals surface area contributed by atoms with Crippen molar-refractivity contribution in [3.05, 3.63) is 0 Å². The molecule has 0 radical (unpaired) electrons. The standard InChI is InChI=1S/C16H31N3O2/c1-12(5-3-6-13(2)17)16(20)18-9-15-10-19-8-4-7-14(19)11-21-15/h12-15H,3-11,17H2,1-2H3,(H,18,20). The van der Waals surface area contributed by atoms with Crippen LogP contribution in [-0.4, -0.2) is 55.2 Å². The van der Waals surface area contributed by atoms with Crippen molar-refractivity contribution in [2.75, 3.05) is 26.2 Å². The Morgan fingerprint density at radius 3 is 3.00 bits per heavy atom. The zero-order valence-electron chi connectivity index (χ0n) is 13.5. The van der Waals surface area contributed by atoms with Crippen LogP contribution in [0, 0.1) is 5.92 Å². The van der Waals surface area contributed by atoms with E-state index in [1.807, 2.05) is 13.8 Å². The van der Waals surface area contributed by atoms with Gasteiger partial charge in [-0.25, -0.2) is 0 Å². The number of carbonyl (C=O) groups is 1. The summed E-state index contributed by atoms with van der Waals surface area (Å²) in [5.74, 6) is 0.207. The van der Waals surface area contributed by atoms with Gasteiger partial charge in [0.2, 0.25) is 5.91 Å². The van der Waals surface area contributed by atoms with Gasteiger partial charge in [-0.15, -0.1) is 0 Å². The van der Waals surface area contributed by atoms with Gasteiger partial charge in [0.1, 0.15) is 0 Å². The van der Waals surface area contributed by atoms with Gasteiger partial charge in [0, 0.05) is 31.1 Å². The van der Waals surface area contributed by atoms with E-state index in [1.54, 1.807) is 0 Å². The average Bonchev–Trinajstić information content (AvgIpc) is 2.91. The maximum atomic E-state index is 12.1. The number of rotatable bonds is 7. The second-order valence-corrected chi connectivity index (χ2v) is 6.80. The number of ether oxygens (including phenoxy) is 1. The van der Waals surface area contributed by atoms with Crippen molar-refractivity contribution in [2.45, 2.75) is 64.1 Å². The van der Waals surface area contributed by atoms with Crippen LogP contribution in [0.5, 0.6) is 0 Å². The minimum Gasteiger partial charge on any atom is -0.373 e. The van der Waals surface area contributed by atoms with Crippen LogP contribution < -0.4 is 11.1 Å². The topological polar surface area (TPSA) is 67.6 Å². The largest absolute Gasteiger partial charge is 0.373 e. The van der Waals surface area contributed by atoms with E-state index < -0.39 is 0 Å². The van der Waals surface area contributed by atoms with E-state index in [4.69, 9.17) is 10.5 Å². The molecule has 2 fully saturated rings. The number of amides is 1. The Kier molecular flexibility index (Phi) is 6.45. The van der Waals surface area contributed by atoms with Gasteiger partial charge in [-0.05, 0) is 39.2 Å². The van der Waals surface area contributed by atoms with Crippen molar-refractivity contribution >= 4 is 5.91 Å². The first-order chi connectivity index (χ1) is 10.1. The molecule has 0 aromatic heterocycles. The van der Waals surface area contributed by atoms with Crippen LogP contribution in [0.2, 0.25) is 0 Å². The maximum absolute atomic E-state index is 12.1. The number of fused-ring (bicyclic) bond motifs is 1. The lowest BCUT2D eigenvalue weighted by Gasteiger charge is -2.35. The van der Waals surface area contributed by atoms with Crippen molar-refractivity contribution in [3.8, 4) is 0 Å². The monoisotopic (exact) mass is 297 g/mol. The highest BCUT2D eigenvalue weighted by Gasteiger charge is 2.32. The third-order valence-corrected chi connectivity index (χ3v) is 4.71. The van der Waals surface area contributed by atoms with E-state index in [2.05, 4.69) is 10.2 Å². The minimum atomic E-state index is 0.0619. The molecule has 5 heteroatoms. The van der Waals surface area contributed by atoms with E-state index in [0.717, 1.165) is 32.4 Å². The van der Waals surface area contributed by atoms with Gasteiger partial charge in [0.05, 0.1) is 12.7 Å². The van der Waals surface area contributed by atoms with Crippen LogP contribution in [0.3, 0.4) is 0 Å². The SMILES string of the molecule is CC(N)CCCC(C)C(=O)NCC1CN2CCCC2CO1. The number of morpholine rings is 1. The molecule has 0 bridgehead atoms. The number of nitrogens with zero attached hydrogens (tertiary/aromatic N) is 1. The lowest BCUT2D eigenvalue weighted by molar-refractivity contribution is -0.126. The molecule has 21 heavy (non-hydrogen) atoms. The summed E-state index contributed by atoms with van der Waals surface area (Å²) in [4.78, 5) is 14.6. The summed E-state index contributed by atoms with van der Waals surface area (Å²) < 4.78 is 5.86. The van der Waals surface area contributed by atoms with E-state index in [-0.39, 0.29) is 24.0 Å². The van der Waals surface area contributed by atoms with Crippen molar-refractivity contribution in [1.82, 2.24) is 10.2 Å². The molecule has 122 valence electrons. The highest BCUT2D eigenvalue weighted by molar-refractivity contribution is 5.78. The second kappa shape index (κ2) is 8.11. The molecule has 2 aliphatic rings. The second-order valence-electron chi connectivity index (χ2n) is 6.80. The summed E-state index contributed by atoms with van der Waals surface area (Å²) in [5, 5.41) is 3.05. The van der Waals surface area contributed by atoms with E-state index in [9.17, 15) is 4.79 Å². The molecule has 5 nitrogen and oxygen atoms in total. The predicted molar refractivity (Wildman–Crippen MR) is 84.0 cm³/mol. The average molecular weight is 297 g/mol. The number of nitrogens with two attached hydrogens (primary N) is 1. The van der Waals surface area contributed by atoms with Gasteiger partial charge < -0.3 is 15.8 Å². The van der Waals surface area contributed by atoms with Gasteiger partial charge >= 0.3 is 0 Å². The van der Waals surface area contributed by atoms with Gasteiger partial charge in [-0.2, -0.15) is 0 Å². The Bertz CT molecular complexity index is 335. The number of nitrogens with one attached hydrogen (secondary N) is 1. The van der Waals surface area contributed by atoms with E-state index >= 15 is 0 Å². The third kappa shape index (κ3) is 5.24. The Labute approximate surface area is 128 Å². The first kappa shape index (κ1) is 16.7. The van der Waals surface area contributed by atoms with Crippen LogP contribution in [0.4, 0.5) is 0 Å². The quantitative estimate of drug-likeness (QED) is 0.739. The van der Waals surface area contributed by atoms with Crippen LogP contribution >= 0.6 is 0 Å². The van der Waals surface area contributed by atoms with Gasteiger partial charge in [0.15, 0.2) is 0 Å². The Morgan fingerprint density at radius 2 is 2.24 bits per heavy atom. The molecular formula is C16H31N3O2. The molecule has 0 saturated carbocycles. The molecule has 2 saturated heterocycles. The third-order valence-electron chi connectivity index (χ3n) is 4.71. The molecule has 0 aromatic rings. The fourth-order valence-corrected chi connectivity index (χ4v) is 3.27. The number of hydrogen-bond acceptors (Lipinski definition) is 4. The smallest absolute Gasteiger partial charge is 0.222 e. The summed E-state index contributed by atoms with van der Waals surface area (Å²) in [6.45, 7) is 7.62. The normalized spacial score (nSPS) is 28.9. The molecule has 2 heterocycles. The molecule has 2 aliphatic heterocycles. The lowest BCUT2D eigenvalue weighted by Crippen LogP contribution is -2.50. The van der Waals surface area contributed by atoms with Crippen LogP contribution in [0.25, 0.3) is 0 Å². The maximum Gasteiger partial charge on any atom is 0.222 e.